The fourth-order valence-corrected chi connectivity index (χ4v) is 6.12. The third-order valence-corrected chi connectivity index (χ3v) is 8.88. The van der Waals surface area contributed by atoms with Crippen LogP contribution in [-0.4, -0.2) is 61.7 Å². The Morgan fingerprint density at radius 2 is 1.76 bits per heavy atom. The number of halogens is 2. The van der Waals surface area contributed by atoms with E-state index in [4.69, 9.17) is 32.7 Å². The predicted molar refractivity (Wildman–Crippen MR) is 177 cm³/mol. The molecule has 0 spiro atoms. The van der Waals surface area contributed by atoms with Crippen molar-refractivity contribution >= 4 is 45.6 Å². The molecular weight excluding hydrogens is 633 g/mol. The number of fused-ring (bicyclic) bond motifs is 1. The van der Waals surface area contributed by atoms with Crippen molar-refractivity contribution in [1.29, 1.82) is 0 Å². The third-order valence-electron chi connectivity index (χ3n) is 8.06. The number of nitrogens with one attached hydrogen (secondary N) is 2. The van der Waals surface area contributed by atoms with E-state index in [1.54, 1.807) is 25.4 Å². The molecule has 0 radical (unpaired) electrons. The van der Waals surface area contributed by atoms with Crippen molar-refractivity contribution in [1.82, 2.24) is 29.4 Å². The monoisotopic (exact) mass is 663 g/mol. The van der Waals surface area contributed by atoms with E-state index in [0.29, 0.717) is 81.4 Å². The molecule has 4 heterocycles. The van der Waals surface area contributed by atoms with Gasteiger partial charge in [0, 0.05) is 56.2 Å². The lowest BCUT2D eigenvalue weighted by atomic mass is 10.0. The molecule has 0 bridgehead atoms. The summed E-state index contributed by atoms with van der Waals surface area (Å²) >= 11 is 13.9. The number of anilines is 2. The minimum absolute atomic E-state index is 0.114. The number of aryl methyl sites for hydroxylation is 1. The Morgan fingerprint density at radius 3 is 2.52 bits per heavy atom. The standard InChI is InChI=1S/C32H31Cl2N7O5/c1-40-24-10-12-35-29(26(24)31(43)41(2)32(40)44)38-21-9-5-7-18(28(21)34)17-6-4-8-19(27(17)33)22-14-37-23(30(39-22)45-3)15-36-20-11-13-46-16-25(20)42/h4-10,12,14,20,25,36,42H,11,13,15-16H2,1-3H3,(H,35,38)/t20-,25+/m0/s1. The number of hydrogen-bond acceptors (Lipinski definition) is 10. The van der Waals surface area contributed by atoms with Crippen molar-refractivity contribution in [2.24, 2.45) is 14.1 Å². The predicted octanol–water partition coefficient (Wildman–Crippen LogP) is 4.05. The minimum Gasteiger partial charge on any atom is -0.480 e. The van der Waals surface area contributed by atoms with Gasteiger partial charge in [0.1, 0.15) is 16.9 Å². The highest BCUT2D eigenvalue weighted by molar-refractivity contribution is 6.39. The Kier molecular flexibility index (Phi) is 9.07. The molecule has 238 valence electrons. The average molecular weight is 665 g/mol. The number of methoxy groups -OCH3 is 1. The van der Waals surface area contributed by atoms with Gasteiger partial charge in [-0.05, 0) is 18.6 Å². The molecule has 1 fully saturated rings. The van der Waals surface area contributed by atoms with Crippen LogP contribution < -0.4 is 26.6 Å². The number of ether oxygens (including phenoxy) is 2. The highest BCUT2D eigenvalue weighted by Gasteiger charge is 2.24. The van der Waals surface area contributed by atoms with Crippen LogP contribution in [0.1, 0.15) is 12.1 Å². The van der Waals surface area contributed by atoms with E-state index >= 15 is 0 Å². The lowest BCUT2D eigenvalue weighted by molar-refractivity contribution is -0.0281. The fraction of sp³-hybridized carbons (Fsp3) is 0.281. The number of hydrogen-bond donors (Lipinski definition) is 3. The van der Waals surface area contributed by atoms with Crippen LogP contribution in [0.15, 0.2) is 64.4 Å². The van der Waals surface area contributed by atoms with E-state index in [1.165, 1.54) is 24.9 Å². The zero-order valence-electron chi connectivity index (χ0n) is 25.3. The van der Waals surface area contributed by atoms with Crippen molar-refractivity contribution in [3.63, 3.8) is 0 Å². The quantitative estimate of drug-likeness (QED) is 0.222. The van der Waals surface area contributed by atoms with Crippen LogP contribution >= 0.6 is 23.2 Å². The minimum atomic E-state index is -0.597. The maximum atomic E-state index is 13.1. The van der Waals surface area contributed by atoms with Gasteiger partial charge in [0.05, 0.1) is 53.0 Å². The first-order valence-electron chi connectivity index (χ1n) is 14.5. The van der Waals surface area contributed by atoms with Gasteiger partial charge >= 0.3 is 5.69 Å². The van der Waals surface area contributed by atoms with E-state index in [1.807, 2.05) is 30.3 Å². The Labute approximate surface area is 273 Å². The number of benzene rings is 2. The summed E-state index contributed by atoms with van der Waals surface area (Å²) in [5.41, 5.74) is 3.02. The molecule has 2 atom stereocenters. The van der Waals surface area contributed by atoms with Crippen LogP contribution in [0.25, 0.3) is 33.3 Å². The highest BCUT2D eigenvalue weighted by Crippen LogP contribution is 2.42. The number of pyridine rings is 1. The van der Waals surface area contributed by atoms with Crippen LogP contribution in [0.3, 0.4) is 0 Å². The number of rotatable bonds is 8. The van der Waals surface area contributed by atoms with Crippen LogP contribution in [-0.2, 0) is 25.4 Å². The summed E-state index contributed by atoms with van der Waals surface area (Å²) in [5.74, 6) is 0.597. The molecule has 1 saturated heterocycles. The normalized spacial score (nSPS) is 16.5. The molecule has 1 aliphatic rings. The SMILES string of the molecule is COc1nc(-c2cccc(-c3cccc(Nc4nccc5c4c(=O)n(C)c(=O)n5C)c3Cl)c2Cl)cnc1CN[C@H]1CCOC[C@H]1O. The molecule has 0 aliphatic carbocycles. The lowest BCUT2D eigenvalue weighted by Gasteiger charge is -2.28. The first-order chi connectivity index (χ1) is 22.2. The molecule has 3 N–H and O–H groups in total. The zero-order chi connectivity index (χ0) is 32.5. The van der Waals surface area contributed by atoms with Gasteiger partial charge in [-0.15, -0.1) is 0 Å². The number of aliphatic hydroxyl groups excluding tert-OH is 1. The van der Waals surface area contributed by atoms with Gasteiger partial charge in [-0.3, -0.25) is 18.9 Å². The maximum Gasteiger partial charge on any atom is 0.330 e. The van der Waals surface area contributed by atoms with E-state index in [0.717, 1.165) is 4.57 Å². The summed E-state index contributed by atoms with van der Waals surface area (Å²) < 4.78 is 13.3. The third kappa shape index (κ3) is 5.85. The molecule has 46 heavy (non-hydrogen) atoms. The first-order valence-corrected chi connectivity index (χ1v) is 15.2. The summed E-state index contributed by atoms with van der Waals surface area (Å²) in [7, 11) is 4.54. The Morgan fingerprint density at radius 1 is 1.02 bits per heavy atom. The highest BCUT2D eigenvalue weighted by atomic mass is 35.5. The van der Waals surface area contributed by atoms with Crippen molar-refractivity contribution in [3.05, 3.63) is 91.4 Å². The van der Waals surface area contributed by atoms with Crippen molar-refractivity contribution in [3.8, 4) is 28.3 Å². The molecule has 3 aromatic heterocycles. The number of nitrogens with zero attached hydrogens (tertiary/aromatic N) is 5. The van der Waals surface area contributed by atoms with E-state index in [9.17, 15) is 14.7 Å². The second-order valence-corrected chi connectivity index (χ2v) is 11.6. The second-order valence-electron chi connectivity index (χ2n) is 10.8. The smallest absolute Gasteiger partial charge is 0.330 e. The molecule has 14 heteroatoms. The number of aliphatic hydroxyl groups is 1. The van der Waals surface area contributed by atoms with Gasteiger partial charge in [0.15, 0.2) is 0 Å². The molecule has 0 amide bonds. The first kappa shape index (κ1) is 31.6. The summed E-state index contributed by atoms with van der Waals surface area (Å²) in [6.07, 6.45) is 3.24. The van der Waals surface area contributed by atoms with E-state index in [-0.39, 0.29) is 17.2 Å². The summed E-state index contributed by atoms with van der Waals surface area (Å²) in [6, 6.07) is 12.4. The van der Waals surface area contributed by atoms with Crippen LogP contribution in [0.4, 0.5) is 11.5 Å². The van der Waals surface area contributed by atoms with Gasteiger partial charge in [-0.2, -0.15) is 0 Å². The summed E-state index contributed by atoms with van der Waals surface area (Å²) in [4.78, 5) is 39.2. The van der Waals surface area contributed by atoms with Gasteiger partial charge < -0.3 is 25.2 Å². The van der Waals surface area contributed by atoms with E-state index in [2.05, 4.69) is 25.6 Å². The van der Waals surface area contributed by atoms with Gasteiger partial charge in [0.25, 0.3) is 5.56 Å². The maximum absolute atomic E-state index is 13.1. The molecule has 2 aromatic carbocycles. The fourth-order valence-electron chi connectivity index (χ4n) is 5.52. The average Bonchev–Trinajstić information content (AvgIpc) is 3.07. The second kappa shape index (κ2) is 13.2. The van der Waals surface area contributed by atoms with Crippen molar-refractivity contribution in [2.45, 2.75) is 25.1 Å². The molecule has 1 aliphatic heterocycles. The van der Waals surface area contributed by atoms with E-state index < -0.39 is 17.4 Å². The largest absolute Gasteiger partial charge is 0.480 e. The molecule has 0 unspecified atom stereocenters. The van der Waals surface area contributed by atoms with Crippen LogP contribution in [0.2, 0.25) is 10.0 Å². The Balaban J connectivity index is 1.32. The van der Waals surface area contributed by atoms with Gasteiger partial charge in [0.2, 0.25) is 5.88 Å². The van der Waals surface area contributed by atoms with Crippen molar-refractivity contribution < 1.29 is 14.6 Å². The number of aromatic nitrogens is 5. The molecule has 12 nitrogen and oxygen atoms in total. The molecule has 6 rings (SSSR count). The Bertz CT molecular complexity index is 2070. The van der Waals surface area contributed by atoms with Crippen LogP contribution in [0, 0.1) is 0 Å². The van der Waals surface area contributed by atoms with Gasteiger partial charge in [-0.1, -0.05) is 53.5 Å². The molecule has 5 aromatic rings. The van der Waals surface area contributed by atoms with Crippen molar-refractivity contribution in [2.75, 3.05) is 25.6 Å². The topological polar surface area (TPSA) is 145 Å². The summed E-state index contributed by atoms with van der Waals surface area (Å²) in [6.45, 7) is 1.23. The lowest BCUT2D eigenvalue weighted by Crippen LogP contribution is -2.46. The zero-order valence-corrected chi connectivity index (χ0v) is 26.8. The van der Waals surface area contributed by atoms with Crippen LogP contribution in [0.5, 0.6) is 5.88 Å². The Hall–Kier alpha value is -4.33. The molecular formula is C32H31Cl2N7O5. The summed E-state index contributed by atoms with van der Waals surface area (Å²) in [5, 5.41) is 17.7. The van der Waals surface area contributed by atoms with Gasteiger partial charge in [-0.25, -0.2) is 14.8 Å². The molecule has 0 saturated carbocycles.